The predicted molar refractivity (Wildman–Crippen MR) is 277 cm³/mol. The van der Waals surface area contributed by atoms with E-state index in [9.17, 15) is 24.0 Å². The van der Waals surface area contributed by atoms with Gasteiger partial charge in [0.1, 0.15) is 24.5 Å². The molecule has 0 aromatic heterocycles. The number of esters is 3. The molecule has 2 amide bonds. The minimum atomic E-state index is -1.22. The van der Waals surface area contributed by atoms with Crippen LogP contribution in [0.2, 0.25) is 5.02 Å². The fourth-order valence-electron chi connectivity index (χ4n) is 8.39. The molecule has 17 heteroatoms. The Hall–Kier alpha value is -4.84. The van der Waals surface area contributed by atoms with Gasteiger partial charge in [-0.15, -0.1) is 0 Å². The maximum absolute atomic E-state index is 14.0. The van der Waals surface area contributed by atoms with E-state index < -0.39 is 47.4 Å². The van der Waals surface area contributed by atoms with Crippen LogP contribution in [-0.4, -0.2) is 150 Å². The third kappa shape index (κ3) is 20.6. The number of nitrogens with zero attached hydrogens (tertiary/aromatic N) is 2. The van der Waals surface area contributed by atoms with Crippen molar-refractivity contribution in [2.75, 3.05) is 92.6 Å². The minimum absolute atomic E-state index is 0.00349. The summed E-state index contributed by atoms with van der Waals surface area (Å²) in [6, 6.07) is 12.9. The van der Waals surface area contributed by atoms with Gasteiger partial charge in [0, 0.05) is 58.7 Å². The third-order valence-electron chi connectivity index (χ3n) is 13.3. The van der Waals surface area contributed by atoms with Crippen LogP contribution in [0.3, 0.4) is 0 Å². The van der Waals surface area contributed by atoms with Crippen LogP contribution in [0.5, 0.6) is 5.75 Å². The quantitative estimate of drug-likeness (QED) is 0.0464. The second-order valence-electron chi connectivity index (χ2n) is 19.9. The second-order valence-corrected chi connectivity index (χ2v) is 20.3. The lowest BCUT2D eigenvalue weighted by Crippen LogP contribution is -2.51. The SMILES string of the molecule is C=CCOC(=O)CCOCCOCCOCCN1CCN(Cc2ccc(C(C)[C@H](C)[C@@H](C)[C@@H]3C/C=C/C(=O)N[C@H](Cc4ccc(OC)c(Cl)c4)C(=O)NCC(C)(C)C(=O)O[C@@H](CC(C)C)C(=O)O3)cc2)CC1. The van der Waals surface area contributed by atoms with E-state index in [-0.39, 0.29) is 68.5 Å². The number of carbonyl (C=O) groups excluding carboxylic acids is 5. The third-order valence-corrected chi connectivity index (χ3v) is 13.6. The van der Waals surface area contributed by atoms with Crippen molar-refractivity contribution in [2.24, 2.45) is 23.2 Å². The van der Waals surface area contributed by atoms with E-state index >= 15 is 0 Å². The molecule has 2 heterocycles. The number of ether oxygens (including phenoxy) is 7. The van der Waals surface area contributed by atoms with Crippen molar-refractivity contribution >= 4 is 41.3 Å². The number of benzene rings is 2. The molecule has 6 atom stereocenters. The maximum Gasteiger partial charge on any atom is 0.347 e. The van der Waals surface area contributed by atoms with Crippen molar-refractivity contribution in [1.29, 1.82) is 0 Å². The van der Waals surface area contributed by atoms with Gasteiger partial charge < -0.3 is 43.8 Å². The summed E-state index contributed by atoms with van der Waals surface area (Å²) in [5.41, 5.74) is 1.86. The van der Waals surface area contributed by atoms with Crippen LogP contribution in [0.4, 0.5) is 0 Å². The van der Waals surface area contributed by atoms with Crippen molar-refractivity contribution in [3.05, 3.63) is 89.0 Å². The number of rotatable bonds is 25. The van der Waals surface area contributed by atoms with Gasteiger partial charge in [0.15, 0.2) is 6.10 Å². The normalized spacial score (nSPS) is 21.4. The molecule has 2 aromatic carbocycles. The molecule has 16 nitrogen and oxygen atoms in total. The smallest absolute Gasteiger partial charge is 0.347 e. The number of carbonyl (C=O) groups is 5. The van der Waals surface area contributed by atoms with Crippen LogP contribution in [0.15, 0.2) is 67.3 Å². The first kappa shape index (κ1) is 59.7. The highest BCUT2D eigenvalue weighted by molar-refractivity contribution is 6.32. The van der Waals surface area contributed by atoms with E-state index in [1.54, 1.807) is 38.1 Å². The number of piperazine rings is 1. The zero-order chi connectivity index (χ0) is 52.6. The number of amides is 2. The topological polar surface area (TPSA) is 180 Å². The molecule has 1 unspecified atom stereocenters. The molecule has 4 rings (SSSR count). The van der Waals surface area contributed by atoms with Gasteiger partial charge >= 0.3 is 17.9 Å². The van der Waals surface area contributed by atoms with Crippen LogP contribution in [-0.2, 0) is 65.4 Å². The summed E-state index contributed by atoms with van der Waals surface area (Å²) >= 11 is 6.40. The minimum Gasteiger partial charge on any atom is -0.495 e. The van der Waals surface area contributed by atoms with Gasteiger partial charge in [0.2, 0.25) is 11.8 Å². The summed E-state index contributed by atoms with van der Waals surface area (Å²) < 4.78 is 39.2. The molecule has 2 aliphatic rings. The summed E-state index contributed by atoms with van der Waals surface area (Å²) in [4.78, 5) is 71.3. The monoisotopic (exact) mass is 1020 g/mol. The predicted octanol–water partition coefficient (Wildman–Crippen LogP) is 6.71. The summed E-state index contributed by atoms with van der Waals surface area (Å²) in [5.74, 6) is -2.19. The van der Waals surface area contributed by atoms with Gasteiger partial charge in [0.05, 0.1) is 63.6 Å². The van der Waals surface area contributed by atoms with E-state index in [1.165, 1.54) is 24.8 Å². The highest BCUT2D eigenvalue weighted by atomic mass is 35.5. The van der Waals surface area contributed by atoms with Crippen molar-refractivity contribution in [3.8, 4) is 5.75 Å². The Bertz CT molecular complexity index is 2060. The van der Waals surface area contributed by atoms with Crippen molar-refractivity contribution < 1.29 is 57.1 Å². The molecule has 2 aliphatic heterocycles. The van der Waals surface area contributed by atoms with Crippen LogP contribution in [0, 0.1) is 23.2 Å². The van der Waals surface area contributed by atoms with Crippen LogP contribution < -0.4 is 15.4 Å². The van der Waals surface area contributed by atoms with Crippen molar-refractivity contribution in [1.82, 2.24) is 20.4 Å². The molecule has 1 saturated heterocycles. The van der Waals surface area contributed by atoms with E-state index in [0.29, 0.717) is 56.0 Å². The van der Waals surface area contributed by atoms with Gasteiger partial charge in [-0.3, -0.25) is 29.0 Å². The molecule has 0 spiro atoms. The van der Waals surface area contributed by atoms with Crippen LogP contribution >= 0.6 is 11.6 Å². The number of hydrogen-bond acceptors (Lipinski definition) is 14. The molecule has 400 valence electrons. The summed E-state index contributed by atoms with van der Waals surface area (Å²) in [6.07, 6.45) is 3.52. The van der Waals surface area contributed by atoms with Gasteiger partial charge in [-0.1, -0.05) is 95.3 Å². The Kier molecular flexibility index (Phi) is 25.7. The Balaban J connectivity index is 1.32. The number of nitrogens with one attached hydrogen (secondary N) is 2. The lowest BCUT2D eigenvalue weighted by atomic mass is 9.77. The highest BCUT2D eigenvalue weighted by Gasteiger charge is 2.38. The molecular formula is C55H81ClN4O12. The Morgan fingerprint density at radius 1 is 0.875 bits per heavy atom. The maximum atomic E-state index is 14.0. The first-order valence-corrected chi connectivity index (χ1v) is 25.8. The van der Waals surface area contributed by atoms with Crippen LogP contribution in [0.25, 0.3) is 0 Å². The fraction of sp³-hybridized carbons (Fsp3) is 0.618. The summed E-state index contributed by atoms with van der Waals surface area (Å²) in [5, 5.41) is 6.00. The van der Waals surface area contributed by atoms with Crippen molar-refractivity contribution in [2.45, 2.75) is 105 Å². The van der Waals surface area contributed by atoms with E-state index in [2.05, 4.69) is 65.1 Å². The zero-order valence-corrected chi connectivity index (χ0v) is 44.7. The van der Waals surface area contributed by atoms with Crippen LogP contribution in [0.1, 0.15) is 90.3 Å². The summed E-state index contributed by atoms with van der Waals surface area (Å²) in [6.45, 7) is 25.5. The van der Waals surface area contributed by atoms with E-state index in [1.807, 2.05) is 20.8 Å². The Morgan fingerprint density at radius 3 is 2.15 bits per heavy atom. The lowest BCUT2D eigenvalue weighted by Gasteiger charge is -2.35. The standard InChI is InChI=1S/C55H81ClN4O12/c1-10-26-70-51(62)20-27-67-29-31-69-32-30-68-28-25-59-21-23-60(24-22-59)36-42-14-17-44(18-15-42)40(5)39(4)41(6)47-12-11-13-50(61)58-46(35-43-16-19-48(66-9)45(56)34-43)52(63)57-37-55(7,8)54(65)72-49(33-38(2)3)53(64)71-47/h10-11,13-19,34,38-41,46-47,49H,1,12,20-33,35-37H2,2-9H3,(H,57,63)(H,58,61)/b13-11+/t39-,40?,41+,46+,47-,49-/m0/s1. The number of methoxy groups -OCH3 is 1. The second kappa shape index (κ2) is 31.0. The van der Waals surface area contributed by atoms with Gasteiger partial charge in [-0.25, -0.2) is 4.79 Å². The number of halogens is 1. The molecule has 0 radical (unpaired) electrons. The fourth-order valence-corrected chi connectivity index (χ4v) is 8.67. The van der Waals surface area contributed by atoms with E-state index in [0.717, 1.165) is 44.8 Å². The number of cyclic esters (lactones) is 2. The Labute approximate surface area is 432 Å². The lowest BCUT2D eigenvalue weighted by molar-refractivity contribution is -0.179. The van der Waals surface area contributed by atoms with Crippen molar-refractivity contribution in [3.63, 3.8) is 0 Å². The molecule has 0 saturated carbocycles. The average molecular weight is 1030 g/mol. The highest BCUT2D eigenvalue weighted by Crippen LogP contribution is 2.34. The Morgan fingerprint density at radius 2 is 1.51 bits per heavy atom. The number of hydrogen-bond donors (Lipinski definition) is 2. The summed E-state index contributed by atoms with van der Waals surface area (Å²) in [7, 11) is 1.51. The van der Waals surface area contributed by atoms with Gasteiger partial charge in [0.25, 0.3) is 0 Å². The molecule has 1 fully saturated rings. The molecule has 2 N–H and O–H groups in total. The first-order chi connectivity index (χ1) is 34.4. The average Bonchev–Trinajstić information content (AvgIpc) is 3.35. The van der Waals surface area contributed by atoms with Gasteiger partial charge in [-0.2, -0.15) is 0 Å². The first-order valence-electron chi connectivity index (χ1n) is 25.4. The van der Waals surface area contributed by atoms with Gasteiger partial charge in [-0.05, 0) is 78.8 Å². The van der Waals surface area contributed by atoms with E-state index in [4.69, 9.17) is 44.8 Å². The zero-order valence-electron chi connectivity index (χ0n) is 43.9. The molecular weight excluding hydrogens is 944 g/mol. The largest absolute Gasteiger partial charge is 0.495 e. The molecule has 0 bridgehead atoms. The molecule has 72 heavy (non-hydrogen) atoms. The molecule has 2 aromatic rings. The molecule has 0 aliphatic carbocycles.